The number of hydrogen-bond acceptors (Lipinski definition) is 4. The lowest BCUT2D eigenvalue weighted by molar-refractivity contribution is -0.124. The smallest absolute Gasteiger partial charge is 0.222 e. The molecule has 1 amide bonds. The molecule has 0 aliphatic rings. The van der Waals surface area contributed by atoms with Crippen LogP contribution in [0, 0.1) is 0 Å². The van der Waals surface area contributed by atoms with Crippen LogP contribution in [0.3, 0.4) is 0 Å². The van der Waals surface area contributed by atoms with E-state index in [1.807, 2.05) is 6.08 Å². The summed E-state index contributed by atoms with van der Waals surface area (Å²) in [5, 5.41) is 33.0. The van der Waals surface area contributed by atoms with E-state index in [2.05, 4.69) is 67.8 Å². The predicted molar refractivity (Wildman–Crippen MR) is 194 cm³/mol. The summed E-state index contributed by atoms with van der Waals surface area (Å²) in [5.74, 6) is -0.346. The average molecular weight is 630 g/mol. The Kier molecular flexibility index (Phi) is 33.4. The molecule has 0 heterocycles. The number of unbranched alkanes of at least 4 members (excludes halogenated alkanes) is 16. The monoisotopic (exact) mass is 630 g/mol. The fourth-order valence-electron chi connectivity index (χ4n) is 5.12. The van der Waals surface area contributed by atoms with E-state index in [1.54, 1.807) is 6.08 Å². The van der Waals surface area contributed by atoms with Gasteiger partial charge in [0.25, 0.3) is 0 Å². The maximum absolute atomic E-state index is 12.3. The third-order valence-corrected chi connectivity index (χ3v) is 8.03. The summed E-state index contributed by atoms with van der Waals surface area (Å²) in [6.07, 6.45) is 44.8. The summed E-state index contributed by atoms with van der Waals surface area (Å²) < 4.78 is 0. The molecule has 0 radical (unpaired) electrons. The Morgan fingerprint density at radius 2 is 1.02 bits per heavy atom. The SMILES string of the molecule is CCCCC/C=C\C=C/CCCCCCC(O)CC(=O)NC(CO)C(O)/C=C/CC/C=C/CC/C=C/CCCCCCCCC. The van der Waals surface area contributed by atoms with Crippen LogP contribution in [0.4, 0.5) is 0 Å². The van der Waals surface area contributed by atoms with E-state index in [9.17, 15) is 20.1 Å². The summed E-state index contributed by atoms with van der Waals surface area (Å²) in [6, 6.07) is -0.774. The Balaban J connectivity index is 3.88. The van der Waals surface area contributed by atoms with Gasteiger partial charge in [-0.05, 0) is 70.6 Å². The molecule has 0 bridgehead atoms. The van der Waals surface area contributed by atoms with Gasteiger partial charge in [-0.2, -0.15) is 0 Å². The van der Waals surface area contributed by atoms with Gasteiger partial charge < -0.3 is 20.6 Å². The first-order chi connectivity index (χ1) is 22.0. The minimum atomic E-state index is -0.966. The van der Waals surface area contributed by atoms with E-state index in [0.29, 0.717) is 6.42 Å². The lowest BCUT2D eigenvalue weighted by Gasteiger charge is -2.20. The molecule has 0 aliphatic carbocycles. The average Bonchev–Trinajstić information content (AvgIpc) is 3.03. The van der Waals surface area contributed by atoms with E-state index < -0.39 is 18.2 Å². The minimum Gasteiger partial charge on any atom is -0.394 e. The van der Waals surface area contributed by atoms with Gasteiger partial charge in [0, 0.05) is 0 Å². The number of allylic oxidation sites excluding steroid dienone is 9. The summed E-state index contributed by atoms with van der Waals surface area (Å²) in [4.78, 5) is 12.3. The highest BCUT2D eigenvalue weighted by molar-refractivity contribution is 5.76. The highest BCUT2D eigenvalue weighted by Gasteiger charge is 2.20. The fourth-order valence-corrected chi connectivity index (χ4v) is 5.12. The maximum atomic E-state index is 12.3. The largest absolute Gasteiger partial charge is 0.394 e. The van der Waals surface area contributed by atoms with Gasteiger partial charge in [-0.3, -0.25) is 4.79 Å². The zero-order valence-corrected chi connectivity index (χ0v) is 29.2. The second-order valence-electron chi connectivity index (χ2n) is 12.5. The first kappa shape index (κ1) is 43.0. The molecular formula is C40H71NO4. The van der Waals surface area contributed by atoms with Crippen LogP contribution >= 0.6 is 0 Å². The predicted octanol–water partition coefficient (Wildman–Crippen LogP) is 9.98. The molecule has 3 unspecified atom stereocenters. The number of hydrogen-bond donors (Lipinski definition) is 4. The van der Waals surface area contributed by atoms with Gasteiger partial charge in [-0.15, -0.1) is 0 Å². The van der Waals surface area contributed by atoms with E-state index in [1.165, 1.54) is 70.6 Å². The number of nitrogens with one attached hydrogen (secondary N) is 1. The van der Waals surface area contributed by atoms with Gasteiger partial charge >= 0.3 is 0 Å². The Morgan fingerprint density at radius 1 is 0.578 bits per heavy atom. The van der Waals surface area contributed by atoms with Crippen molar-refractivity contribution in [2.75, 3.05) is 6.61 Å². The Bertz CT molecular complexity index is 785. The van der Waals surface area contributed by atoms with E-state index >= 15 is 0 Å². The molecule has 0 aromatic carbocycles. The molecule has 45 heavy (non-hydrogen) atoms. The van der Waals surface area contributed by atoms with Crippen molar-refractivity contribution < 1.29 is 20.1 Å². The van der Waals surface area contributed by atoms with Crippen molar-refractivity contribution in [2.24, 2.45) is 0 Å². The molecule has 0 saturated heterocycles. The van der Waals surface area contributed by atoms with Gasteiger partial charge in [0.15, 0.2) is 0 Å². The van der Waals surface area contributed by atoms with Crippen molar-refractivity contribution >= 4 is 5.91 Å². The zero-order valence-electron chi connectivity index (χ0n) is 29.2. The standard InChI is InChI=1S/C40H71NO4/c1-3-5-7-9-11-13-15-17-18-19-20-22-24-26-28-30-32-34-39(44)38(36-42)41-40(45)35-37(43)33-31-29-27-25-23-21-16-14-12-10-8-6-4-2/h12,14,16,18-19,21,24,26,32,34,37-39,42-44H,3-11,13,15,17,20,22-23,25,27-31,33,35-36H2,1-2H3,(H,41,45)/b14-12-,19-18+,21-16-,26-24+,34-32+. The zero-order chi connectivity index (χ0) is 33.1. The lowest BCUT2D eigenvalue weighted by atomic mass is 10.0. The van der Waals surface area contributed by atoms with E-state index in [-0.39, 0.29) is 18.9 Å². The van der Waals surface area contributed by atoms with Crippen molar-refractivity contribution in [1.82, 2.24) is 5.32 Å². The van der Waals surface area contributed by atoms with Crippen LogP contribution in [-0.2, 0) is 4.79 Å². The van der Waals surface area contributed by atoms with E-state index in [4.69, 9.17) is 0 Å². The maximum Gasteiger partial charge on any atom is 0.222 e. The van der Waals surface area contributed by atoms with Gasteiger partial charge in [0.1, 0.15) is 0 Å². The van der Waals surface area contributed by atoms with Crippen LogP contribution in [0.1, 0.15) is 162 Å². The molecule has 0 fully saturated rings. The molecule has 0 rings (SSSR count). The fraction of sp³-hybridized carbons (Fsp3) is 0.725. The molecule has 260 valence electrons. The van der Waals surface area contributed by atoms with Gasteiger partial charge in [-0.25, -0.2) is 0 Å². The van der Waals surface area contributed by atoms with Crippen molar-refractivity contribution in [3.63, 3.8) is 0 Å². The lowest BCUT2D eigenvalue weighted by Crippen LogP contribution is -2.45. The van der Waals surface area contributed by atoms with Crippen LogP contribution in [0.5, 0.6) is 0 Å². The number of carbonyl (C=O) groups is 1. The number of aliphatic hydroxyl groups excluding tert-OH is 3. The molecule has 3 atom stereocenters. The first-order valence-electron chi connectivity index (χ1n) is 18.6. The molecule has 0 aromatic heterocycles. The van der Waals surface area contributed by atoms with Crippen LogP contribution < -0.4 is 5.32 Å². The summed E-state index contributed by atoms with van der Waals surface area (Å²) in [6.45, 7) is 4.12. The normalized spacial score (nSPS) is 14.5. The van der Waals surface area contributed by atoms with Crippen LogP contribution in [-0.4, -0.2) is 46.1 Å². The summed E-state index contributed by atoms with van der Waals surface area (Å²) in [5.41, 5.74) is 0. The third-order valence-electron chi connectivity index (χ3n) is 8.03. The van der Waals surface area contributed by atoms with Crippen molar-refractivity contribution in [1.29, 1.82) is 0 Å². The van der Waals surface area contributed by atoms with Crippen molar-refractivity contribution in [3.8, 4) is 0 Å². The highest BCUT2D eigenvalue weighted by Crippen LogP contribution is 2.11. The van der Waals surface area contributed by atoms with Crippen molar-refractivity contribution in [3.05, 3.63) is 60.8 Å². The van der Waals surface area contributed by atoms with Crippen LogP contribution in [0.25, 0.3) is 0 Å². The Labute approximate surface area is 278 Å². The van der Waals surface area contributed by atoms with Crippen LogP contribution in [0.2, 0.25) is 0 Å². The highest BCUT2D eigenvalue weighted by atomic mass is 16.3. The number of carbonyl (C=O) groups excluding carboxylic acids is 1. The topological polar surface area (TPSA) is 89.8 Å². The summed E-state index contributed by atoms with van der Waals surface area (Å²) >= 11 is 0. The third kappa shape index (κ3) is 31.8. The molecule has 5 nitrogen and oxygen atoms in total. The Morgan fingerprint density at radius 3 is 1.60 bits per heavy atom. The van der Waals surface area contributed by atoms with Gasteiger partial charge in [-0.1, -0.05) is 145 Å². The van der Waals surface area contributed by atoms with E-state index in [0.717, 1.165) is 64.2 Å². The second kappa shape index (κ2) is 34.9. The molecule has 4 N–H and O–H groups in total. The molecule has 0 saturated carbocycles. The second-order valence-corrected chi connectivity index (χ2v) is 12.5. The molecular weight excluding hydrogens is 558 g/mol. The summed E-state index contributed by atoms with van der Waals surface area (Å²) in [7, 11) is 0. The Hall–Kier alpha value is -1.95. The molecule has 0 aromatic rings. The molecule has 0 aliphatic heterocycles. The van der Waals surface area contributed by atoms with Crippen molar-refractivity contribution in [2.45, 2.75) is 180 Å². The minimum absolute atomic E-state index is 0.0145. The van der Waals surface area contributed by atoms with Gasteiger partial charge in [0.05, 0.1) is 31.3 Å². The number of aliphatic hydroxyl groups is 3. The number of rotatable bonds is 32. The molecule has 5 heteroatoms. The first-order valence-corrected chi connectivity index (χ1v) is 18.6. The molecule has 0 spiro atoms. The number of amides is 1. The quantitative estimate of drug-likeness (QED) is 0.0339. The van der Waals surface area contributed by atoms with Crippen LogP contribution in [0.15, 0.2) is 60.8 Å². The van der Waals surface area contributed by atoms with Gasteiger partial charge in [0.2, 0.25) is 5.91 Å².